The Kier molecular flexibility index (Phi) is 6.30. The molecule has 1 aromatic rings. The molecule has 0 saturated heterocycles. The number of pyridine rings is 1. The summed E-state index contributed by atoms with van der Waals surface area (Å²) in [6, 6.07) is 5.94. The van der Waals surface area contributed by atoms with Crippen LogP contribution in [-0.4, -0.2) is 11.4 Å². The molecule has 94 valence electrons. The Hall–Kier alpha value is -1.38. The summed E-state index contributed by atoms with van der Waals surface area (Å²) in [5.74, 6) is 0.702. The van der Waals surface area contributed by atoms with Gasteiger partial charge in [0.25, 0.3) is 0 Å². The van der Waals surface area contributed by atoms with Crippen molar-refractivity contribution < 1.29 is 9.77 Å². The summed E-state index contributed by atoms with van der Waals surface area (Å²) in [4.78, 5) is 0. The normalized spacial score (nSPS) is 13.1. The molecule has 1 N–H and O–H groups in total. The summed E-state index contributed by atoms with van der Waals surface area (Å²) >= 11 is 0. The molecule has 0 radical (unpaired) electrons. The van der Waals surface area contributed by atoms with Crippen molar-refractivity contribution in [3.63, 3.8) is 0 Å². The third kappa shape index (κ3) is 4.55. The van der Waals surface area contributed by atoms with Gasteiger partial charge in [-0.15, -0.1) is 0 Å². The largest absolute Gasteiger partial charge is 0.411 e. The molecule has 17 heavy (non-hydrogen) atoms. The molecule has 0 aliphatic carbocycles. The Balaban J connectivity index is 2.71. The first kappa shape index (κ1) is 13.7. The molecule has 0 spiro atoms. The summed E-state index contributed by atoms with van der Waals surface area (Å²) in [6.07, 6.45) is 8.54. The lowest BCUT2D eigenvalue weighted by Gasteiger charge is -2.11. The second kappa shape index (κ2) is 7.82. The lowest BCUT2D eigenvalue weighted by Crippen LogP contribution is -2.41. The van der Waals surface area contributed by atoms with E-state index in [2.05, 4.69) is 23.6 Å². The van der Waals surface area contributed by atoms with Crippen LogP contribution in [0.5, 0.6) is 0 Å². The summed E-state index contributed by atoms with van der Waals surface area (Å²) in [7, 11) is 0. The topological polar surface area (TPSA) is 36.5 Å². The van der Waals surface area contributed by atoms with E-state index in [1.165, 1.54) is 31.9 Å². The van der Waals surface area contributed by atoms with Gasteiger partial charge in [-0.25, -0.2) is 0 Å². The molecule has 0 aliphatic heterocycles. The van der Waals surface area contributed by atoms with Crippen LogP contribution in [0.15, 0.2) is 29.6 Å². The van der Waals surface area contributed by atoms with Gasteiger partial charge in [-0.05, 0) is 18.9 Å². The van der Waals surface area contributed by atoms with Gasteiger partial charge < -0.3 is 5.21 Å². The molecule has 3 nitrogen and oxygen atoms in total. The van der Waals surface area contributed by atoms with Crippen molar-refractivity contribution in [3.05, 3.63) is 30.1 Å². The van der Waals surface area contributed by atoms with Crippen molar-refractivity contribution in [1.82, 2.24) is 0 Å². The average Bonchev–Trinajstić information content (AvgIpc) is 2.36. The van der Waals surface area contributed by atoms with Gasteiger partial charge >= 0.3 is 0 Å². The molecular formula is C14H23N2O+. The van der Waals surface area contributed by atoms with Crippen LogP contribution >= 0.6 is 0 Å². The maximum Gasteiger partial charge on any atom is 0.227 e. The molecule has 0 fully saturated rings. The number of oxime groups is 1. The first-order valence-corrected chi connectivity index (χ1v) is 6.47. The van der Waals surface area contributed by atoms with Gasteiger partial charge in [0.2, 0.25) is 5.69 Å². The smallest absolute Gasteiger partial charge is 0.227 e. The molecule has 1 aromatic heterocycles. The summed E-state index contributed by atoms with van der Waals surface area (Å²) in [5.41, 5.74) is 0.949. The Bertz CT molecular complexity index is 350. The van der Waals surface area contributed by atoms with Gasteiger partial charge in [0, 0.05) is 18.1 Å². The monoisotopic (exact) mass is 235 g/mol. The number of hydrogen-bond acceptors (Lipinski definition) is 2. The molecule has 1 rings (SSSR count). The Morgan fingerprint density at radius 2 is 2.24 bits per heavy atom. The highest BCUT2D eigenvalue weighted by atomic mass is 16.4. The third-order valence-corrected chi connectivity index (χ3v) is 3.16. The number of unbranched alkanes of at least 4 members (excludes halogenated alkanes) is 1. The van der Waals surface area contributed by atoms with E-state index in [1.54, 1.807) is 0 Å². The molecule has 0 bridgehead atoms. The van der Waals surface area contributed by atoms with Crippen LogP contribution in [0.25, 0.3) is 0 Å². The Labute approximate surface area is 104 Å². The van der Waals surface area contributed by atoms with Crippen LogP contribution in [0.4, 0.5) is 0 Å². The van der Waals surface area contributed by atoms with E-state index in [4.69, 9.17) is 5.21 Å². The molecule has 0 amide bonds. The van der Waals surface area contributed by atoms with Crippen LogP contribution in [0.1, 0.15) is 45.2 Å². The van der Waals surface area contributed by atoms with E-state index in [0.29, 0.717) is 5.92 Å². The molecule has 1 atom stereocenters. The summed E-state index contributed by atoms with van der Waals surface area (Å²) < 4.78 is 2.16. The van der Waals surface area contributed by atoms with E-state index in [1.807, 2.05) is 24.4 Å². The fourth-order valence-corrected chi connectivity index (χ4v) is 2.03. The van der Waals surface area contributed by atoms with E-state index in [-0.39, 0.29) is 0 Å². The van der Waals surface area contributed by atoms with Crippen LogP contribution in [0.3, 0.4) is 0 Å². The van der Waals surface area contributed by atoms with Crippen LogP contribution < -0.4 is 4.57 Å². The van der Waals surface area contributed by atoms with Crippen molar-refractivity contribution in [2.75, 3.05) is 0 Å². The minimum atomic E-state index is 0.702. The van der Waals surface area contributed by atoms with Crippen molar-refractivity contribution >= 4 is 6.21 Å². The lowest BCUT2D eigenvalue weighted by atomic mass is 9.99. The highest BCUT2D eigenvalue weighted by Gasteiger charge is 2.14. The standard InChI is InChI=1S/C14H22N2O/c1-3-5-8-13(4-2)12-16-10-7-6-9-14(16)11-15-17/h6-7,9-11,13H,3-5,8,12H2,1-2H3/p+1. The van der Waals surface area contributed by atoms with Gasteiger partial charge in [0.15, 0.2) is 12.7 Å². The van der Waals surface area contributed by atoms with Crippen LogP contribution in [0, 0.1) is 5.92 Å². The maximum absolute atomic E-state index is 8.63. The quantitative estimate of drug-likeness (QED) is 0.335. The zero-order chi connectivity index (χ0) is 12.5. The second-order valence-electron chi connectivity index (χ2n) is 4.44. The van der Waals surface area contributed by atoms with E-state index in [0.717, 1.165) is 12.2 Å². The summed E-state index contributed by atoms with van der Waals surface area (Å²) in [6.45, 7) is 5.47. The van der Waals surface area contributed by atoms with Crippen LogP contribution in [-0.2, 0) is 6.54 Å². The highest BCUT2D eigenvalue weighted by molar-refractivity contribution is 5.74. The molecule has 0 aliphatic rings. The molecule has 1 heterocycles. The minimum absolute atomic E-state index is 0.702. The van der Waals surface area contributed by atoms with Gasteiger partial charge in [-0.1, -0.05) is 31.8 Å². The first-order chi connectivity index (χ1) is 8.31. The SMILES string of the molecule is CCCCC(CC)C[n+]1ccccc1C=NO. The molecule has 0 aromatic carbocycles. The minimum Gasteiger partial charge on any atom is -0.411 e. The second-order valence-corrected chi connectivity index (χ2v) is 4.44. The number of aromatic nitrogens is 1. The third-order valence-electron chi connectivity index (χ3n) is 3.16. The zero-order valence-electron chi connectivity index (χ0n) is 10.8. The van der Waals surface area contributed by atoms with Crippen molar-refractivity contribution in [2.45, 2.75) is 46.1 Å². The Morgan fingerprint density at radius 1 is 1.41 bits per heavy atom. The molecule has 3 heteroatoms. The fourth-order valence-electron chi connectivity index (χ4n) is 2.03. The molecule has 1 unspecified atom stereocenters. The average molecular weight is 235 g/mol. The van der Waals surface area contributed by atoms with E-state index in [9.17, 15) is 0 Å². The van der Waals surface area contributed by atoms with E-state index >= 15 is 0 Å². The van der Waals surface area contributed by atoms with Crippen molar-refractivity contribution in [2.24, 2.45) is 11.1 Å². The van der Waals surface area contributed by atoms with Crippen molar-refractivity contribution in [3.8, 4) is 0 Å². The van der Waals surface area contributed by atoms with E-state index < -0.39 is 0 Å². The first-order valence-electron chi connectivity index (χ1n) is 6.47. The molecular weight excluding hydrogens is 212 g/mol. The lowest BCUT2D eigenvalue weighted by molar-refractivity contribution is -0.704. The number of rotatable bonds is 7. The summed E-state index contributed by atoms with van der Waals surface area (Å²) in [5, 5.41) is 11.7. The molecule has 0 saturated carbocycles. The number of hydrogen-bond donors (Lipinski definition) is 1. The van der Waals surface area contributed by atoms with Crippen LogP contribution in [0.2, 0.25) is 0 Å². The number of nitrogens with zero attached hydrogens (tertiary/aromatic N) is 2. The maximum atomic E-state index is 8.63. The van der Waals surface area contributed by atoms with Gasteiger partial charge in [-0.3, -0.25) is 0 Å². The Morgan fingerprint density at radius 3 is 2.88 bits per heavy atom. The van der Waals surface area contributed by atoms with Crippen molar-refractivity contribution in [1.29, 1.82) is 0 Å². The predicted molar refractivity (Wildman–Crippen MR) is 69.3 cm³/mol. The fraction of sp³-hybridized carbons (Fsp3) is 0.571. The predicted octanol–water partition coefficient (Wildman–Crippen LogP) is 3.00. The van der Waals surface area contributed by atoms with Gasteiger partial charge in [0.1, 0.15) is 6.21 Å². The highest BCUT2D eigenvalue weighted by Crippen LogP contribution is 2.12. The van der Waals surface area contributed by atoms with Gasteiger partial charge in [-0.2, -0.15) is 4.57 Å². The zero-order valence-corrected chi connectivity index (χ0v) is 10.8. The van der Waals surface area contributed by atoms with Gasteiger partial charge in [0.05, 0.1) is 0 Å².